The summed E-state index contributed by atoms with van der Waals surface area (Å²) in [6.45, 7) is 0.512. The van der Waals surface area contributed by atoms with Gasteiger partial charge in [0.2, 0.25) is 0 Å². The van der Waals surface area contributed by atoms with Gasteiger partial charge in [0.15, 0.2) is 0 Å². The molecule has 0 saturated carbocycles. The molecule has 0 spiro atoms. The molecular formula is C11H11FN2O5. The molecule has 0 aromatic heterocycles. The van der Waals surface area contributed by atoms with E-state index in [2.05, 4.69) is 0 Å². The minimum Gasteiger partial charge on any atom is -0.478 e. The van der Waals surface area contributed by atoms with Crippen LogP contribution < -0.4 is 4.90 Å². The van der Waals surface area contributed by atoms with Gasteiger partial charge in [0.05, 0.1) is 22.7 Å². The lowest BCUT2D eigenvalue weighted by Gasteiger charge is -2.18. The number of aliphatic hydroxyl groups excluding tert-OH is 1. The first-order valence-corrected chi connectivity index (χ1v) is 5.54. The lowest BCUT2D eigenvalue weighted by Crippen LogP contribution is -2.22. The molecule has 7 nitrogen and oxygen atoms in total. The summed E-state index contributed by atoms with van der Waals surface area (Å²) in [6, 6.07) is 1.54. The number of nitro benzene ring substituents is 1. The SMILES string of the molecule is O=C(O)c1cc(N2CCC(O)C2)c([N+](=O)[O-])cc1F. The number of carboxylic acids is 1. The van der Waals surface area contributed by atoms with Gasteiger partial charge in [-0.1, -0.05) is 0 Å². The maximum atomic E-state index is 13.5. The van der Waals surface area contributed by atoms with Crippen LogP contribution in [0, 0.1) is 15.9 Å². The van der Waals surface area contributed by atoms with Crippen LogP contribution in [-0.2, 0) is 0 Å². The molecule has 1 fully saturated rings. The Hall–Kier alpha value is -2.22. The molecule has 102 valence electrons. The van der Waals surface area contributed by atoms with Gasteiger partial charge < -0.3 is 15.1 Å². The molecule has 1 aliphatic heterocycles. The smallest absolute Gasteiger partial charge is 0.338 e. The van der Waals surface area contributed by atoms with E-state index < -0.39 is 34.1 Å². The predicted octanol–water partition coefficient (Wildman–Crippen LogP) is 1.00. The normalized spacial score (nSPS) is 18.6. The van der Waals surface area contributed by atoms with Crippen LogP contribution in [0.2, 0.25) is 0 Å². The zero-order chi connectivity index (χ0) is 14.2. The van der Waals surface area contributed by atoms with Crippen molar-refractivity contribution in [3.8, 4) is 0 Å². The number of aromatic carboxylic acids is 1. The van der Waals surface area contributed by atoms with Crippen molar-refractivity contribution in [3.05, 3.63) is 33.6 Å². The third-order valence-corrected chi connectivity index (χ3v) is 3.00. The largest absolute Gasteiger partial charge is 0.478 e. The molecule has 8 heteroatoms. The highest BCUT2D eigenvalue weighted by Crippen LogP contribution is 2.33. The first-order chi connectivity index (χ1) is 8.90. The molecule has 0 radical (unpaired) electrons. The number of nitrogens with zero attached hydrogens (tertiary/aromatic N) is 2. The molecule has 0 aliphatic carbocycles. The minimum absolute atomic E-state index is 0.0142. The van der Waals surface area contributed by atoms with Crippen LogP contribution in [-0.4, -0.2) is 40.3 Å². The Bertz CT molecular complexity index is 548. The van der Waals surface area contributed by atoms with Crippen molar-refractivity contribution in [1.82, 2.24) is 0 Å². The van der Waals surface area contributed by atoms with E-state index in [1.54, 1.807) is 0 Å². The van der Waals surface area contributed by atoms with Gasteiger partial charge in [0.25, 0.3) is 5.69 Å². The topological polar surface area (TPSA) is 104 Å². The molecule has 0 bridgehead atoms. The van der Waals surface area contributed by atoms with Crippen LogP contribution in [0.3, 0.4) is 0 Å². The molecule has 1 saturated heterocycles. The monoisotopic (exact) mass is 270 g/mol. The van der Waals surface area contributed by atoms with E-state index in [-0.39, 0.29) is 12.2 Å². The summed E-state index contributed by atoms with van der Waals surface area (Å²) in [5, 5.41) is 29.2. The van der Waals surface area contributed by atoms with Crippen LogP contribution in [0.5, 0.6) is 0 Å². The molecule has 1 aliphatic rings. The first kappa shape index (κ1) is 13.2. The Balaban J connectivity index is 2.52. The second kappa shape index (κ2) is 4.81. The van der Waals surface area contributed by atoms with Crippen molar-refractivity contribution < 1.29 is 24.3 Å². The summed E-state index contributed by atoms with van der Waals surface area (Å²) >= 11 is 0. The number of halogens is 1. The number of anilines is 1. The highest BCUT2D eigenvalue weighted by atomic mass is 19.1. The third kappa shape index (κ3) is 2.48. The Morgan fingerprint density at radius 1 is 1.53 bits per heavy atom. The van der Waals surface area contributed by atoms with Crippen LogP contribution in [0.4, 0.5) is 15.8 Å². The van der Waals surface area contributed by atoms with Gasteiger partial charge in [-0.3, -0.25) is 10.1 Å². The average Bonchev–Trinajstić information content (AvgIpc) is 2.74. The second-order valence-corrected chi connectivity index (χ2v) is 4.27. The number of hydrogen-bond acceptors (Lipinski definition) is 5. The van der Waals surface area contributed by atoms with E-state index in [1.807, 2.05) is 0 Å². The van der Waals surface area contributed by atoms with Crippen LogP contribution in [0.25, 0.3) is 0 Å². The van der Waals surface area contributed by atoms with E-state index in [1.165, 1.54) is 4.90 Å². The molecule has 1 heterocycles. The standard InChI is InChI=1S/C11H11FN2O5/c12-8-4-10(14(18)19)9(3-7(8)11(16)17)13-2-1-6(15)5-13/h3-4,6,15H,1-2,5H2,(H,16,17). The van der Waals surface area contributed by atoms with E-state index in [9.17, 15) is 24.4 Å². The van der Waals surface area contributed by atoms with Crippen molar-refractivity contribution >= 4 is 17.3 Å². The number of benzene rings is 1. The lowest BCUT2D eigenvalue weighted by molar-refractivity contribution is -0.384. The van der Waals surface area contributed by atoms with Crippen molar-refractivity contribution in [1.29, 1.82) is 0 Å². The van der Waals surface area contributed by atoms with Crippen LogP contribution in [0.1, 0.15) is 16.8 Å². The fourth-order valence-electron chi connectivity index (χ4n) is 2.08. The summed E-state index contributed by atoms with van der Waals surface area (Å²) < 4.78 is 13.5. The number of nitro groups is 1. The summed E-state index contributed by atoms with van der Waals surface area (Å²) in [6.07, 6.45) is -0.199. The van der Waals surface area contributed by atoms with Crippen LogP contribution >= 0.6 is 0 Å². The number of rotatable bonds is 3. The predicted molar refractivity (Wildman–Crippen MR) is 62.9 cm³/mol. The van der Waals surface area contributed by atoms with E-state index >= 15 is 0 Å². The number of β-amino-alcohol motifs (C(OH)–C–C–N with tert-alkyl or cyclic N) is 1. The number of carboxylic acid groups (broad SMARTS) is 1. The summed E-state index contributed by atoms with van der Waals surface area (Å²) in [7, 11) is 0. The highest BCUT2D eigenvalue weighted by molar-refractivity contribution is 5.90. The van der Waals surface area contributed by atoms with Gasteiger partial charge >= 0.3 is 5.97 Å². The van der Waals surface area contributed by atoms with E-state index in [0.717, 1.165) is 6.07 Å². The summed E-state index contributed by atoms with van der Waals surface area (Å²) in [5.74, 6) is -2.64. The fraction of sp³-hybridized carbons (Fsp3) is 0.364. The number of carbonyl (C=O) groups is 1. The van der Waals surface area contributed by atoms with Gasteiger partial charge in [0, 0.05) is 13.1 Å². The number of hydrogen-bond donors (Lipinski definition) is 2. The zero-order valence-electron chi connectivity index (χ0n) is 9.74. The molecule has 1 unspecified atom stereocenters. The summed E-state index contributed by atoms with van der Waals surface area (Å²) in [4.78, 5) is 22.5. The van der Waals surface area contributed by atoms with Gasteiger partial charge in [-0.25, -0.2) is 9.18 Å². The van der Waals surface area contributed by atoms with Gasteiger partial charge in [-0.15, -0.1) is 0 Å². The molecule has 19 heavy (non-hydrogen) atoms. The van der Waals surface area contributed by atoms with Crippen LogP contribution in [0.15, 0.2) is 12.1 Å². The van der Waals surface area contributed by atoms with Crippen molar-refractivity contribution in [3.63, 3.8) is 0 Å². The summed E-state index contributed by atoms with van der Waals surface area (Å²) in [5.41, 5.74) is -1.11. The lowest BCUT2D eigenvalue weighted by atomic mass is 10.1. The van der Waals surface area contributed by atoms with Crippen molar-refractivity contribution in [2.75, 3.05) is 18.0 Å². The Kier molecular flexibility index (Phi) is 3.34. The van der Waals surface area contributed by atoms with E-state index in [4.69, 9.17) is 5.11 Å². The maximum Gasteiger partial charge on any atom is 0.338 e. The first-order valence-electron chi connectivity index (χ1n) is 5.54. The third-order valence-electron chi connectivity index (χ3n) is 3.00. The Morgan fingerprint density at radius 2 is 2.21 bits per heavy atom. The molecule has 1 aromatic rings. The quantitative estimate of drug-likeness (QED) is 0.627. The fourth-order valence-corrected chi connectivity index (χ4v) is 2.08. The van der Waals surface area contributed by atoms with Gasteiger partial charge in [-0.2, -0.15) is 0 Å². The molecule has 2 rings (SSSR count). The van der Waals surface area contributed by atoms with Gasteiger partial charge in [0.1, 0.15) is 11.5 Å². The number of aliphatic hydroxyl groups is 1. The molecule has 0 amide bonds. The molecule has 1 atom stereocenters. The molecular weight excluding hydrogens is 259 g/mol. The van der Waals surface area contributed by atoms with Crippen molar-refractivity contribution in [2.45, 2.75) is 12.5 Å². The maximum absolute atomic E-state index is 13.5. The minimum atomic E-state index is -1.49. The Morgan fingerprint density at radius 3 is 2.68 bits per heavy atom. The average molecular weight is 270 g/mol. The highest BCUT2D eigenvalue weighted by Gasteiger charge is 2.29. The van der Waals surface area contributed by atoms with Crippen molar-refractivity contribution in [2.24, 2.45) is 0 Å². The van der Waals surface area contributed by atoms with E-state index in [0.29, 0.717) is 19.0 Å². The zero-order valence-corrected chi connectivity index (χ0v) is 9.74. The Labute approximate surface area is 107 Å². The second-order valence-electron chi connectivity index (χ2n) is 4.27. The molecule has 1 aromatic carbocycles. The van der Waals surface area contributed by atoms with Gasteiger partial charge in [-0.05, 0) is 12.5 Å². The molecule has 2 N–H and O–H groups in total.